The molecule has 0 radical (unpaired) electrons. The number of ether oxygens (including phenoxy) is 1. The Morgan fingerprint density at radius 1 is 1.30 bits per heavy atom. The van der Waals surface area contributed by atoms with Gasteiger partial charge >= 0.3 is 0 Å². The molecular formula is C15H16IN3O. The zero-order chi connectivity index (χ0) is 14.3. The Morgan fingerprint density at radius 2 is 2.05 bits per heavy atom. The van der Waals surface area contributed by atoms with Gasteiger partial charge in [-0.1, -0.05) is 6.07 Å². The van der Waals surface area contributed by atoms with Crippen molar-refractivity contribution in [2.24, 2.45) is 0 Å². The molecule has 0 unspecified atom stereocenters. The van der Waals surface area contributed by atoms with E-state index < -0.39 is 0 Å². The van der Waals surface area contributed by atoms with Gasteiger partial charge in [-0.25, -0.2) is 9.97 Å². The monoisotopic (exact) mass is 381 g/mol. The fraction of sp³-hybridized carbons (Fsp3) is 0.333. The quantitative estimate of drug-likeness (QED) is 0.827. The topological polar surface area (TPSA) is 61.0 Å². The highest BCUT2D eigenvalue weighted by molar-refractivity contribution is 14.1. The highest BCUT2D eigenvalue weighted by Crippen LogP contribution is 2.43. The standard InChI is InChI=1S/C15H16IN3O/c1-8-3-6-10(11(7-8)20-2)15-18-13(9-4-5-9)12(16)14(17)19-15/h3,6-7,9H,4-5H2,1-2H3,(H2,17,18,19). The van der Waals surface area contributed by atoms with Crippen LogP contribution in [-0.2, 0) is 0 Å². The van der Waals surface area contributed by atoms with Crippen LogP contribution in [-0.4, -0.2) is 17.1 Å². The van der Waals surface area contributed by atoms with Gasteiger partial charge in [-0.05, 0) is 60.1 Å². The first-order valence-electron chi connectivity index (χ1n) is 6.58. The van der Waals surface area contributed by atoms with Crippen molar-refractivity contribution in [3.63, 3.8) is 0 Å². The van der Waals surface area contributed by atoms with E-state index in [0.717, 1.165) is 26.1 Å². The van der Waals surface area contributed by atoms with Gasteiger partial charge in [-0.3, -0.25) is 0 Å². The van der Waals surface area contributed by atoms with Crippen LogP contribution in [0.5, 0.6) is 5.75 Å². The summed E-state index contributed by atoms with van der Waals surface area (Å²) in [6.07, 6.45) is 2.38. The Morgan fingerprint density at radius 3 is 2.70 bits per heavy atom. The highest BCUT2D eigenvalue weighted by atomic mass is 127. The number of aromatic nitrogens is 2. The number of rotatable bonds is 3. The molecule has 1 saturated carbocycles. The third kappa shape index (κ3) is 2.46. The van der Waals surface area contributed by atoms with Crippen LogP contribution in [0.25, 0.3) is 11.4 Å². The summed E-state index contributed by atoms with van der Waals surface area (Å²) < 4.78 is 6.43. The molecule has 0 saturated heterocycles. The third-order valence-corrected chi connectivity index (χ3v) is 4.57. The molecule has 1 aliphatic rings. The first-order chi connectivity index (χ1) is 9.60. The molecule has 1 heterocycles. The lowest BCUT2D eigenvalue weighted by atomic mass is 10.1. The molecule has 5 heteroatoms. The number of aryl methyl sites for hydroxylation is 1. The summed E-state index contributed by atoms with van der Waals surface area (Å²) in [5.41, 5.74) is 9.16. The number of anilines is 1. The first-order valence-corrected chi connectivity index (χ1v) is 7.66. The van der Waals surface area contributed by atoms with Gasteiger partial charge in [0.25, 0.3) is 0 Å². The zero-order valence-electron chi connectivity index (χ0n) is 11.5. The van der Waals surface area contributed by atoms with Crippen LogP contribution in [0, 0.1) is 10.5 Å². The van der Waals surface area contributed by atoms with Crippen molar-refractivity contribution in [1.82, 2.24) is 9.97 Å². The van der Waals surface area contributed by atoms with Crippen LogP contribution in [0.3, 0.4) is 0 Å². The molecule has 20 heavy (non-hydrogen) atoms. The minimum absolute atomic E-state index is 0.544. The predicted molar refractivity (Wildman–Crippen MR) is 87.9 cm³/mol. The van der Waals surface area contributed by atoms with Gasteiger partial charge in [0.15, 0.2) is 5.82 Å². The summed E-state index contributed by atoms with van der Waals surface area (Å²) in [5.74, 6) is 2.54. The average Bonchev–Trinajstić information content (AvgIpc) is 3.26. The summed E-state index contributed by atoms with van der Waals surface area (Å²) in [6, 6.07) is 6.02. The maximum absolute atomic E-state index is 6.05. The normalized spacial score (nSPS) is 14.3. The molecule has 1 aromatic carbocycles. The number of nitrogen functional groups attached to an aromatic ring is 1. The van der Waals surface area contributed by atoms with Gasteiger partial charge in [0.1, 0.15) is 11.6 Å². The van der Waals surface area contributed by atoms with Crippen molar-refractivity contribution in [2.75, 3.05) is 12.8 Å². The van der Waals surface area contributed by atoms with Crippen LogP contribution >= 0.6 is 22.6 Å². The van der Waals surface area contributed by atoms with Gasteiger partial charge in [0, 0.05) is 5.92 Å². The predicted octanol–water partition coefficient (Wildman–Crippen LogP) is 3.52. The van der Waals surface area contributed by atoms with E-state index in [9.17, 15) is 0 Å². The molecule has 104 valence electrons. The minimum atomic E-state index is 0.544. The van der Waals surface area contributed by atoms with Crippen molar-refractivity contribution >= 4 is 28.4 Å². The largest absolute Gasteiger partial charge is 0.496 e. The Hall–Kier alpha value is -1.37. The van der Waals surface area contributed by atoms with E-state index in [1.54, 1.807) is 7.11 Å². The Kier molecular flexibility index (Phi) is 3.54. The second kappa shape index (κ2) is 5.20. The number of benzene rings is 1. The number of nitrogens with two attached hydrogens (primary N) is 1. The number of nitrogens with zero attached hydrogens (tertiary/aromatic N) is 2. The Balaban J connectivity index is 2.15. The zero-order valence-corrected chi connectivity index (χ0v) is 13.6. The highest BCUT2D eigenvalue weighted by Gasteiger charge is 2.29. The van der Waals surface area contributed by atoms with Crippen LogP contribution in [0.4, 0.5) is 5.82 Å². The lowest BCUT2D eigenvalue weighted by Gasteiger charge is -2.11. The van der Waals surface area contributed by atoms with Crippen LogP contribution in [0.1, 0.15) is 30.0 Å². The lowest BCUT2D eigenvalue weighted by molar-refractivity contribution is 0.416. The molecule has 0 bridgehead atoms. The molecule has 3 rings (SSSR count). The fourth-order valence-electron chi connectivity index (χ4n) is 2.21. The SMILES string of the molecule is COc1cc(C)ccc1-c1nc(N)c(I)c(C2CC2)n1. The van der Waals surface area contributed by atoms with Crippen molar-refractivity contribution in [3.05, 3.63) is 33.0 Å². The van der Waals surface area contributed by atoms with Crippen molar-refractivity contribution in [3.8, 4) is 17.1 Å². The van der Waals surface area contributed by atoms with E-state index in [1.165, 1.54) is 12.8 Å². The van der Waals surface area contributed by atoms with E-state index in [4.69, 9.17) is 15.5 Å². The molecular weight excluding hydrogens is 365 g/mol. The summed E-state index contributed by atoms with van der Waals surface area (Å²) >= 11 is 2.24. The summed E-state index contributed by atoms with van der Waals surface area (Å²) in [6.45, 7) is 2.03. The lowest BCUT2D eigenvalue weighted by Crippen LogP contribution is -2.05. The Bertz CT molecular complexity index is 668. The fourth-order valence-corrected chi connectivity index (χ4v) is 2.90. The van der Waals surface area contributed by atoms with Gasteiger partial charge in [0.05, 0.1) is 21.9 Å². The molecule has 0 amide bonds. The number of halogens is 1. The second-order valence-corrected chi connectivity index (χ2v) is 6.19. The molecule has 2 N–H and O–H groups in total. The van der Waals surface area contributed by atoms with Crippen molar-refractivity contribution in [1.29, 1.82) is 0 Å². The van der Waals surface area contributed by atoms with Gasteiger partial charge in [0.2, 0.25) is 0 Å². The van der Waals surface area contributed by atoms with E-state index in [2.05, 4.69) is 27.6 Å². The van der Waals surface area contributed by atoms with Gasteiger partial charge in [-0.2, -0.15) is 0 Å². The smallest absolute Gasteiger partial charge is 0.165 e. The van der Waals surface area contributed by atoms with Crippen molar-refractivity contribution in [2.45, 2.75) is 25.7 Å². The number of methoxy groups -OCH3 is 1. The molecule has 4 nitrogen and oxygen atoms in total. The summed E-state index contributed by atoms with van der Waals surface area (Å²) in [4.78, 5) is 9.16. The van der Waals surface area contributed by atoms with E-state index in [-0.39, 0.29) is 0 Å². The van der Waals surface area contributed by atoms with E-state index in [0.29, 0.717) is 17.6 Å². The van der Waals surface area contributed by atoms with Crippen LogP contribution in [0.15, 0.2) is 18.2 Å². The van der Waals surface area contributed by atoms with E-state index >= 15 is 0 Å². The van der Waals surface area contributed by atoms with E-state index in [1.807, 2.05) is 25.1 Å². The molecule has 0 aliphatic heterocycles. The summed E-state index contributed by atoms with van der Waals surface area (Å²) in [5, 5.41) is 0. The van der Waals surface area contributed by atoms with Crippen LogP contribution in [0.2, 0.25) is 0 Å². The maximum Gasteiger partial charge on any atom is 0.165 e. The summed E-state index contributed by atoms with van der Waals surface area (Å²) in [7, 11) is 1.66. The Labute approximate surface area is 131 Å². The number of hydrogen-bond acceptors (Lipinski definition) is 4. The maximum atomic E-state index is 6.05. The second-order valence-electron chi connectivity index (χ2n) is 5.11. The van der Waals surface area contributed by atoms with Crippen molar-refractivity contribution < 1.29 is 4.74 Å². The van der Waals surface area contributed by atoms with Gasteiger partial charge in [-0.15, -0.1) is 0 Å². The molecule has 1 fully saturated rings. The third-order valence-electron chi connectivity index (χ3n) is 3.46. The van der Waals surface area contributed by atoms with Crippen LogP contribution < -0.4 is 10.5 Å². The molecule has 1 aliphatic carbocycles. The molecule has 0 spiro atoms. The van der Waals surface area contributed by atoms with Gasteiger partial charge < -0.3 is 10.5 Å². The average molecular weight is 381 g/mol. The molecule has 2 aromatic rings. The number of hydrogen-bond donors (Lipinski definition) is 1. The molecule has 0 atom stereocenters. The minimum Gasteiger partial charge on any atom is -0.496 e. The first kappa shape index (κ1) is 13.6. The molecule has 1 aromatic heterocycles.